The number of hydrogen-bond acceptors (Lipinski definition) is 4. The van der Waals surface area contributed by atoms with Gasteiger partial charge in [0.05, 0.1) is 4.92 Å². The number of nitro groups is 1. The molecule has 0 aromatic heterocycles. The molecular formula is C14H22ClN3O3. The van der Waals surface area contributed by atoms with Crippen LogP contribution in [0.1, 0.15) is 42.6 Å². The van der Waals surface area contributed by atoms with E-state index in [0.717, 1.165) is 12.8 Å². The maximum Gasteiger partial charge on any atom is 0.270 e. The van der Waals surface area contributed by atoms with Crippen LogP contribution in [0, 0.1) is 17.0 Å². The van der Waals surface area contributed by atoms with Crippen LogP contribution in [-0.4, -0.2) is 22.9 Å². The number of nitrogens with one attached hydrogen (secondary N) is 1. The minimum atomic E-state index is -0.505. The second-order valence-corrected chi connectivity index (χ2v) is 5.07. The van der Waals surface area contributed by atoms with E-state index < -0.39 is 10.5 Å². The van der Waals surface area contributed by atoms with Gasteiger partial charge in [-0.3, -0.25) is 14.9 Å². The molecule has 1 aromatic carbocycles. The van der Waals surface area contributed by atoms with E-state index >= 15 is 0 Å². The second-order valence-electron chi connectivity index (χ2n) is 5.07. The standard InChI is InChI=1S/C14H21N3O3.ClH/c1-4-14(15,5-2)9-16-13(18)11-6-10(3)7-12(8-11)17(19)20;/h6-8H,4-5,9,15H2,1-3H3,(H,16,18);1H. The molecule has 0 saturated heterocycles. The summed E-state index contributed by atoms with van der Waals surface area (Å²) in [6, 6.07) is 4.33. The highest BCUT2D eigenvalue weighted by Gasteiger charge is 2.22. The normalized spacial score (nSPS) is 10.7. The van der Waals surface area contributed by atoms with Crippen LogP contribution >= 0.6 is 12.4 Å². The minimum absolute atomic E-state index is 0. The Balaban J connectivity index is 0.00000400. The summed E-state index contributed by atoms with van der Waals surface area (Å²) in [4.78, 5) is 22.3. The number of hydrogen-bond donors (Lipinski definition) is 2. The Morgan fingerprint density at radius 2 is 1.90 bits per heavy atom. The molecule has 118 valence electrons. The quantitative estimate of drug-likeness (QED) is 0.622. The fraction of sp³-hybridized carbons (Fsp3) is 0.500. The number of nitrogens with two attached hydrogens (primary N) is 1. The highest BCUT2D eigenvalue weighted by Crippen LogP contribution is 2.17. The van der Waals surface area contributed by atoms with E-state index in [1.54, 1.807) is 13.0 Å². The van der Waals surface area contributed by atoms with Gasteiger partial charge in [-0.05, 0) is 31.4 Å². The number of halogens is 1. The Morgan fingerprint density at radius 1 is 1.33 bits per heavy atom. The van der Waals surface area contributed by atoms with Gasteiger partial charge in [0.25, 0.3) is 11.6 Å². The lowest BCUT2D eigenvalue weighted by atomic mass is 9.94. The van der Waals surface area contributed by atoms with Gasteiger partial charge >= 0.3 is 0 Å². The highest BCUT2D eigenvalue weighted by atomic mass is 35.5. The fourth-order valence-corrected chi connectivity index (χ4v) is 1.86. The Bertz CT molecular complexity index is 516. The van der Waals surface area contributed by atoms with Crippen molar-refractivity contribution in [2.45, 2.75) is 39.2 Å². The summed E-state index contributed by atoms with van der Waals surface area (Å²) in [6.07, 6.45) is 1.50. The Morgan fingerprint density at radius 3 is 2.38 bits per heavy atom. The molecule has 1 rings (SSSR count). The average molecular weight is 316 g/mol. The van der Waals surface area contributed by atoms with Crippen LogP contribution in [0.15, 0.2) is 18.2 Å². The molecule has 1 amide bonds. The predicted molar refractivity (Wildman–Crippen MR) is 84.9 cm³/mol. The number of nitro benzene ring substituents is 1. The van der Waals surface area contributed by atoms with Crippen LogP contribution in [-0.2, 0) is 0 Å². The van der Waals surface area contributed by atoms with Gasteiger partial charge < -0.3 is 11.1 Å². The maximum absolute atomic E-state index is 12.1. The van der Waals surface area contributed by atoms with Crippen molar-refractivity contribution < 1.29 is 9.72 Å². The third kappa shape index (κ3) is 5.32. The third-order valence-electron chi connectivity index (χ3n) is 3.54. The summed E-state index contributed by atoms with van der Waals surface area (Å²) in [5, 5.41) is 13.5. The van der Waals surface area contributed by atoms with Gasteiger partial charge in [0.2, 0.25) is 0 Å². The van der Waals surface area contributed by atoms with E-state index in [2.05, 4.69) is 5.32 Å². The van der Waals surface area contributed by atoms with E-state index in [1.165, 1.54) is 12.1 Å². The van der Waals surface area contributed by atoms with Crippen molar-refractivity contribution in [2.24, 2.45) is 5.73 Å². The van der Waals surface area contributed by atoms with Crippen LogP contribution in [0.4, 0.5) is 5.69 Å². The highest BCUT2D eigenvalue weighted by molar-refractivity contribution is 5.95. The second kappa shape index (κ2) is 7.95. The van der Waals surface area contributed by atoms with Crippen LogP contribution in [0.25, 0.3) is 0 Å². The molecule has 1 aromatic rings. The van der Waals surface area contributed by atoms with E-state index in [9.17, 15) is 14.9 Å². The van der Waals surface area contributed by atoms with Gasteiger partial charge in [-0.1, -0.05) is 13.8 Å². The zero-order valence-corrected chi connectivity index (χ0v) is 13.3. The molecule has 21 heavy (non-hydrogen) atoms. The van der Waals surface area contributed by atoms with Gasteiger partial charge in [0, 0.05) is 29.8 Å². The first-order valence-corrected chi connectivity index (χ1v) is 6.64. The minimum Gasteiger partial charge on any atom is -0.350 e. The van der Waals surface area contributed by atoms with Crippen molar-refractivity contribution in [1.82, 2.24) is 5.32 Å². The van der Waals surface area contributed by atoms with Crippen molar-refractivity contribution in [3.05, 3.63) is 39.4 Å². The summed E-state index contributed by atoms with van der Waals surface area (Å²) in [5.74, 6) is -0.339. The fourth-order valence-electron chi connectivity index (χ4n) is 1.86. The Labute approximate surface area is 130 Å². The van der Waals surface area contributed by atoms with Gasteiger partial charge in [0.15, 0.2) is 0 Å². The van der Waals surface area contributed by atoms with E-state index in [1.807, 2.05) is 13.8 Å². The predicted octanol–water partition coefficient (Wildman–Crippen LogP) is 2.57. The van der Waals surface area contributed by atoms with Crippen LogP contribution in [0.3, 0.4) is 0 Å². The maximum atomic E-state index is 12.1. The smallest absolute Gasteiger partial charge is 0.270 e. The lowest BCUT2D eigenvalue weighted by molar-refractivity contribution is -0.384. The molecule has 0 atom stereocenters. The molecule has 0 aliphatic rings. The lowest BCUT2D eigenvalue weighted by Crippen LogP contribution is -2.49. The summed E-state index contributed by atoms with van der Waals surface area (Å²) in [7, 11) is 0. The molecule has 0 saturated carbocycles. The molecule has 0 aliphatic heterocycles. The molecule has 0 fully saturated rings. The van der Waals surface area contributed by atoms with Gasteiger partial charge in [0.1, 0.15) is 0 Å². The summed E-state index contributed by atoms with van der Waals surface area (Å²) in [6.45, 7) is 6.00. The van der Waals surface area contributed by atoms with Crippen LogP contribution in [0.2, 0.25) is 0 Å². The summed E-state index contributed by atoms with van der Waals surface area (Å²) in [5.41, 5.74) is 6.54. The SMILES string of the molecule is CCC(N)(CC)CNC(=O)c1cc(C)cc([N+](=O)[O-])c1.Cl. The molecule has 0 heterocycles. The monoisotopic (exact) mass is 315 g/mol. The third-order valence-corrected chi connectivity index (χ3v) is 3.54. The Hall–Kier alpha value is -1.66. The first-order chi connectivity index (χ1) is 9.31. The number of carbonyl (C=O) groups excluding carboxylic acids is 1. The van der Waals surface area contributed by atoms with Crippen molar-refractivity contribution in [1.29, 1.82) is 0 Å². The first-order valence-electron chi connectivity index (χ1n) is 6.64. The number of benzene rings is 1. The number of rotatable bonds is 6. The zero-order chi connectivity index (χ0) is 15.3. The van der Waals surface area contributed by atoms with Crippen LogP contribution in [0.5, 0.6) is 0 Å². The molecule has 3 N–H and O–H groups in total. The van der Waals surface area contributed by atoms with Crippen LogP contribution < -0.4 is 11.1 Å². The number of non-ortho nitro benzene ring substituents is 1. The van der Waals surface area contributed by atoms with Crippen molar-refractivity contribution in [2.75, 3.05) is 6.54 Å². The summed E-state index contributed by atoms with van der Waals surface area (Å²) < 4.78 is 0. The molecule has 0 spiro atoms. The van der Waals surface area contributed by atoms with Crippen molar-refractivity contribution >= 4 is 24.0 Å². The molecule has 7 heteroatoms. The Kier molecular flexibility index (Phi) is 7.32. The molecule has 0 bridgehead atoms. The van der Waals surface area contributed by atoms with Gasteiger partial charge in [-0.15, -0.1) is 12.4 Å². The molecule has 6 nitrogen and oxygen atoms in total. The number of nitrogens with zero attached hydrogens (tertiary/aromatic N) is 1. The number of aryl methyl sites for hydroxylation is 1. The molecule has 0 radical (unpaired) electrons. The molecule has 0 unspecified atom stereocenters. The van der Waals surface area contributed by atoms with Crippen molar-refractivity contribution in [3.8, 4) is 0 Å². The van der Waals surface area contributed by atoms with Crippen molar-refractivity contribution in [3.63, 3.8) is 0 Å². The van der Waals surface area contributed by atoms with E-state index in [0.29, 0.717) is 12.1 Å². The summed E-state index contributed by atoms with van der Waals surface area (Å²) >= 11 is 0. The van der Waals surface area contributed by atoms with E-state index in [4.69, 9.17) is 5.73 Å². The largest absolute Gasteiger partial charge is 0.350 e. The lowest BCUT2D eigenvalue weighted by Gasteiger charge is -2.26. The molecular weight excluding hydrogens is 294 g/mol. The zero-order valence-electron chi connectivity index (χ0n) is 12.5. The van der Waals surface area contributed by atoms with Gasteiger partial charge in [-0.2, -0.15) is 0 Å². The number of carbonyl (C=O) groups is 1. The van der Waals surface area contributed by atoms with Gasteiger partial charge in [-0.25, -0.2) is 0 Å². The van der Waals surface area contributed by atoms with E-state index in [-0.39, 0.29) is 29.6 Å². The molecule has 0 aliphatic carbocycles. The number of amides is 1. The average Bonchev–Trinajstić information content (AvgIpc) is 2.43. The first kappa shape index (κ1) is 19.3. The topological polar surface area (TPSA) is 98.3 Å².